The number of aliphatic hydroxyl groups excluding tert-OH is 1. The van der Waals surface area contributed by atoms with Crippen molar-refractivity contribution in [1.82, 2.24) is 10.3 Å². The molecule has 0 amide bonds. The molecule has 1 aliphatic heterocycles. The summed E-state index contributed by atoms with van der Waals surface area (Å²) in [4.78, 5) is 6.75. The average molecular weight is 269 g/mol. The van der Waals surface area contributed by atoms with Crippen LogP contribution in [-0.2, 0) is 0 Å². The lowest BCUT2D eigenvalue weighted by molar-refractivity contribution is 0.220. The van der Waals surface area contributed by atoms with Crippen molar-refractivity contribution in [2.75, 3.05) is 31.1 Å². The quantitative estimate of drug-likeness (QED) is 0.888. The highest BCUT2D eigenvalue weighted by Gasteiger charge is 2.14. The fourth-order valence-corrected chi connectivity index (χ4v) is 2.47. The molecule has 1 aromatic carbocycles. The summed E-state index contributed by atoms with van der Waals surface area (Å²) in [5.41, 5.74) is 1.72. The molecule has 1 aliphatic rings. The summed E-state index contributed by atoms with van der Waals surface area (Å²) in [7, 11) is 0. The van der Waals surface area contributed by atoms with E-state index < -0.39 is 6.10 Å². The second-order valence-electron chi connectivity index (χ2n) is 5.00. The fraction of sp³-hybridized carbons (Fsp3) is 0.312. The molecule has 0 unspecified atom stereocenters. The van der Waals surface area contributed by atoms with Crippen molar-refractivity contribution in [1.29, 1.82) is 0 Å². The van der Waals surface area contributed by atoms with Crippen molar-refractivity contribution in [2.45, 2.75) is 6.10 Å². The van der Waals surface area contributed by atoms with Crippen molar-refractivity contribution >= 4 is 5.82 Å². The third kappa shape index (κ3) is 2.81. The lowest BCUT2D eigenvalue weighted by Crippen LogP contribution is -2.43. The van der Waals surface area contributed by atoms with Gasteiger partial charge in [-0.05, 0) is 11.6 Å². The number of aliphatic hydroxyl groups is 1. The van der Waals surface area contributed by atoms with Crippen LogP contribution in [0, 0.1) is 0 Å². The summed E-state index contributed by atoms with van der Waals surface area (Å²) in [5.74, 6) is 0.982. The van der Waals surface area contributed by atoms with Crippen molar-refractivity contribution in [2.24, 2.45) is 0 Å². The van der Waals surface area contributed by atoms with Crippen molar-refractivity contribution < 1.29 is 5.11 Å². The van der Waals surface area contributed by atoms with Crippen LogP contribution >= 0.6 is 0 Å². The predicted molar refractivity (Wildman–Crippen MR) is 79.8 cm³/mol. The van der Waals surface area contributed by atoms with E-state index in [1.54, 1.807) is 6.20 Å². The van der Waals surface area contributed by atoms with E-state index in [2.05, 4.69) is 15.2 Å². The zero-order valence-electron chi connectivity index (χ0n) is 11.4. The first kappa shape index (κ1) is 13.1. The SMILES string of the molecule is O[C@@H](c1ccccc1)c1ccc(N2CCNCC2)nc1. The van der Waals surface area contributed by atoms with Gasteiger partial charge in [-0.1, -0.05) is 36.4 Å². The Kier molecular flexibility index (Phi) is 3.95. The smallest absolute Gasteiger partial charge is 0.128 e. The maximum atomic E-state index is 10.3. The van der Waals surface area contributed by atoms with E-state index in [9.17, 15) is 5.11 Å². The number of rotatable bonds is 3. The highest BCUT2D eigenvalue weighted by molar-refractivity contribution is 5.41. The standard InChI is InChI=1S/C16H19N3O/c20-16(13-4-2-1-3-5-13)14-6-7-15(18-12-14)19-10-8-17-9-11-19/h1-7,12,16-17,20H,8-11H2/t16-/m0/s1. The predicted octanol–water partition coefficient (Wildman–Crippen LogP) is 1.57. The number of piperazine rings is 1. The van der Waals surface area contributed by atoms with E-state index in [0.29, 0.717) is 0 Å². The molecule has 104 valence electrons. The molecular weight excluding hydrogens is 250 g/mol. The minimum absolute atomic E-state index is 0.610. The Bertz CT molecular complexity index is 535. The molecule has 2 aromatic rings. The molecule has 4 nitrogen and oxygen atoms in total. The number of pyridine rings is 1. The van der Waals surface area contributed by atoms with Crippen LogP contribution in [-0.4, -0.2) is 36.3 Å². The molecule has 0 bridgehead atoms. The lowest BCUT2D eigenvalue weighted by atomic mass is 10.0. The molecule has 1 fully saturated rings. The van der Waals surface area contributed by atoms with Crippen LogP contribution in [0.3, 0.4) is 0 Å². The highest BCUT2D eigenvalue weighted by atomic mass is 16.3. The van der Waals surface area contributed by atoms with Gasteiger partial charge in [0.2, 0.25) is 0 Å². The summed E-state index contributed by atoms with van der Waals surface area (Å²) < 4.78 is 0. The Labute approximate surface area is 119 Å². The molecular formula is C16H19N3O. The van der Waals surface area contributed by atoms with Crippen LogP contribution < -0.4 is 10.2 Å². The fourth-order valence-electron chi connectivity index (χ4n) is 2.47. The monoisotopic (exact) mass is 269 g/mol. The average Bonchev–Trinajstić information content (AvgIpc) is 2.56. The second kappa shape index (κ2) is 6.03. The minimum Gasteiger partial charge on any atom is -0.384 e. The van der Waals surface area contributed by atoms with E-state index in [-0.39, 0.29) is 0 Å². The van der Waals surface area contributed by atoms with Gasteiger partial charge >= 0.3 is 0 Å². The van der Waals surface area contributed by atoms with Gasteiger partial charge in [0.05, 0.1) is 0 Å². The van der Waals surface area contributed by atoms with E-state index >= 15 is 0 Å². The van der Waals surface area contributed by atoms with Crippen LogP contribution in [0.4, 0.5) is 5.82 Å². The third-order valence-corrected chi connectivity index (χ3v) is 3.64. The van der Waals surface area contributed by atoms with Crippen molar-refractivity contribution in [3.05, 3.63) is 59.8 Å². The van der Waals surface area contributed by atoms with E-state index in [1.165, 1.54) is 0 Å². The second-order valence-corrected chi connectivity index (χ2v) is 5.00. The summed E-state index contributed by atoms with van der Waals surface area (Å²) in [6, 6.07) is 13.6. The van der Waals surface area contributed by atoms with Crippen LogP contribution in [0.5, 0.6) is 0 Å². The van der Waals surface area contributed by atoms with Crippen molar-refractivity contribution in [3.8, 4) is 0 Å². The van der Waals surface area contributed by atoms with Crippen molar-refractivity contribution in [3.63, 3.8) is 0 Å². The number of hydrogen-bond acceptors (Lipinski definition) is 4. The maximum Gasteiger partial charge on any atom is 0.128 e. The largest absolute Gasteiger partial charge is 0.384 e. The van der Waals surface area contributed by atoms with Gasteiger partial charge in [0.1, 0.15) is 11.9 Å². The van der Waals surface area contributed by atoms with Crippen LogP contribution in [0.15, 0.2) is 48.7 Å². The molecule has 1 atom stereocenters. The zero-order chi connectivity index (χ0) is 13.8. The van der Waals surface area contributed by atoms with Gasteiger partial charge < -0.3 is 15.3 Å². The molecule has 0 saturated carbocycles. The minimum atomic E-state index is -0.610. The van der Waals surface area contributed by atoms with E-state index in [1.807, 2.05) is 42.5 Å². The maximum absolute atomic E-state index is 10.3. The topological polar surface area (TPSA) is 48.4 Å². The molecule has 0 radical (unpaired) electrons. The number of nitrogens with one attached hydrogen (secondary N) is 1. The Hall–Kier alpha value is -1.91. The summed E-state index contributed by atoms with van der Waals surface area (Å²) in [6.45, 7) is 3.95. The molecule has 0 spiro atoms. The van der Waals surface area contributed by atoms with E-state index in [4.69, 9.17) is 0 Å². The molecule has 1 saturated heterocycles. The first-order valence-corrected chi connectivity index (χ1v) is 6.99. The van der Waals surface area contributed by atoms with Gasteiger partial charge in [-0.15, -0.1) is 0 Å². The molecule has 3 rings (SSSR count). The number of aromatic nitrogens is 1. The van der Waals surface area contributed by atoms with Gasteiger partial charge in [0.25, 0.3) is 0 Å². The molecule has 2 heterocycles. The van der Waals surface area contributed by atoms with Gasteiger partial charge in [-0.25, -0.2) is 4.98 Å². The van der Waals surface area contributed by atoms with Gasteiger partial charge in [0.15, 0.2) is 0 Å². The number of anilines is 1. The number of benzene rings is 1. The van der Waals surface area contributed by atoms with E-state index in [0.717, 1.165) is 43.1 Å². The Morgan fingerprint density at radius 1 is 1.00 bits per heavy atom. The van der Waals surface area contributed by atoms with Gasteiger partial charge in [-0.2, -0.15) is 0 Å². The van der Waals surface area contributed by atoms with Crippen LogP contribution in [0.25, 0.3) is 0 Å². The third-order valence-electron chi connectivity index (χ3n) is 3.64. The molecule has 0 aliphatic carbocycles. The molecule has 4 heteroatoms. The van der Waals surface area contributed by atoms with Gasteiger partial charge in [0, 0.05) is 37.9 Å². The normalized spacial score (nSPS) is 16.9. The van der Waals surface area contributed by atoms with Gasteiger partial charge in [-0.3, -0.25) is 0 Å². The molecule has 2 N–H and O–H groups in total. The first-order chi connectivity index (χ1) is 9.84. The summed E-state index contributed by atoms with van der Waals surface area (Å²) in [5, 5.41) is 13.7. The van der Waals surface area contributed by atoms with Crippen LogP contribution in [0.2, 0.25) is 0 Å². The number of hydrogen-bond donors (Lipinski definition) is 2. The molecule has 20 heavy (non-hydrogen) atoms. The number of nitrogens with zero attached hydrogens (tertiary/aromatic N) is 2. The Balaban J connectivity index is 1.75. The van der Waals surface area contributed by atoms with Crippen LogP contribution in [0.1, 0.15) is 17.2 Å². The molecule has 1 aromatic heterocycles. The summed E-state index contributed by atoms with van der Waals surface area (Å²) >= 11 is 0. The lowest BCUT2D eigenvalue weighted by Gasteiger charge is -2.28. The Morgan fingerprint density at radius 2 is 1.75 bits per heavy atom. The zero-order valence-corrected chi connectivity index (χ0v) is 11.4. The summed E-state index contributed by atoms with van der Waals surface area (Å²) in [6.07, 6.45) is 1.16. The Morgan fingerprint density at radius 3 is 2.40 bits per heavy atom. The first-order valence-electron chi connectivity index (χ1n) is 6.99. The highest BCUT2D eigenvalue weighted by Crippen LogP contribution is 2.22.